The molecule has 8 heteroatoms. The topological polar surface area (TPSA) is 80.5 Å². The van der Waals surface area contributed by atoms with E-state index in [1.165, 1.54) is 34.6 Å². The largest absolute Gasteiger partial charge is 0.312 e. The Hall–Kier alpha value is -3.49. The lowest BCUT2D eigenvalue weighted by Gasteiger charge is -2.08. The van der Waals surface area contributed by atoms with E-state index in [-0.39, 0.29) is 4.90 Å². The SMILES string of the molecule is C=CCn1c(=NC(=O)c2ccc(NS(=O)(=O)c3ccccc3)cc2)sc2cc(C)c(C)cc21. The molecule has 4 rings (SSSR count). The Labute approximate surface area is 196 Å². The molecule has 4 aromatic rings. The first-order valence-electron chi connectivity index (χ1n) is 10.3. The predicted octanol–water partition coefficient (Wildman–Crippen LogP) is 5.05. The van der Waals surface area contributed by atoms with Crippen LogP contribution in [0.25, 0.3) is 10.2 Å². The summed E-state index contributed by atoms with van der Waals surface area (Å²) in [5.74, 6) is -0.398. The molecule has 1 heterocycles. The minimum atomic E-state index is -3.70. The summed E-state index contributed by atoms with van der Waals surface area (Å²) in [5, 5.41) is 0. The number of fused-ring (bicyclic) bond motifs is 1. The second-order valence-corrected chi connectivity index (χ2v) is 10.3. The first-order valence-corrected chi connectivity index (χ1v) is 12.6. The number of aryl methyl sites for hydroxylation is 2. The monoisotopic (exact) mass is 477 g/mol. The van der Waals surface area contributed by atoms with Crippen LogP contribution in [0.15, 0.2) is 89.3 Å². The third kappa shape index (κ3) is 4.81. The van der Waals surface area contributed by atoms with E-state index in [0.29, 0.717) is 22.6 Å². The summed E-state index contributed by atoms with van der Waals surface area (Å²) < 4.78 is 30.5. The number of anilines is 1. The van der Waals surface area contributed by atoms with Gasteiger partial charge in [-0.05, 0) is 73.5 Å². The molecule has 0 bridgehead atoms. The van der Waals surface area contributed by atoms with E-state index in [9.17, 15) is 13.2 Å². The number of amides is 1. The van der Waals surface area contributed by atoms with Crippen molar-refractivity contribution < 1.29 is 13.2 Å². The number of nitrogens with zero attached hydrogens (tertiary/aromatic N) is 2. The maximum absolute atomic E-state index is 12.9. The molecule has 0 aliphatic carbocycles. The van der Waals surface area contributed by atoms with Gasteiger partial charge in [-0.25, -0.2) is 8.42 Å². The van der Waals surface area contributed by atoms with Crippen molar-refractivity contribution in [3.8, 4) is 0 Å². The highest BCUT2D eigenvalue weighted by Gasteiger charge is 2.14. The van der Waals surface area contributed by atoms with Crippen LogP contribution in [0.4, 0.5) is 5.69 Å². The molecule has 1 amide bonds. The van der Waals surface area contributed by atoms with Crippen molar-refractivity contribution in [1.82, 2.24) is 4.57 Å². The summed E-state index contributed by atoms with van der Waals surface area (Å²) in [6.45, 7) is 8.47. The number of rotatable bonds is 6. The Balaban J connectivity index is 1.63. The molecule has 0 aliphatic heterocycles. The van der Waals surface area contributed by atoms with Crippen molar-refractivity contribution in [2.75, 3.05) is 4.72 Å². The van der Waals surface area contributed by atoms with E-state index >= 15 is 0 Å². The molecular weight excluding hydrogens is 454 g/mol. The van der Waals surface area contributed by atoms with Gasteiger partial charge in [0.2, 0.25) is 0 Å². The summed E-state index contributed by atoms with van der Waals surface area (Å²) in [6.07, 6.45) is 1.78. The molecule has 0 spiro atoms. The molecule has 0 atom stereocenters. The number of thiazole rings is 1. The highest BCUT2D eigenvalue weighted by atomic mass is 32.2. The fourth-order valence-electron chi connectivity index (χ4n) is 3.36. The zero-order valence-corrected chi connectivity index (χ0v) is 19.9. The lowest BCUT2D eigenvalue weighted by Crippen LogP contribution is -2.16. The van der Waals surface area contributed by atoms with E-state index < -0.39 is 15.9 Å². The Morgan fingerprint density at radius 2 is 1.73 bits per heavy atom. The second-order valence-electron chi connectivity index (χ2n) is 7.60. The van der Waals surface area contributed by atoms with E-state index in [1.807, 2.05) is 4.57 Å². The quantitative estimate of drug-likeness (QED) is 0.395. The first-order chi connectivity index (χ1) is 15.8. The van der Waals surface area contributed by atoms with Gasteiger partial charge in [-0.3, -0.25) is 9.52 Å². The maximum atomic E-state index is 12.9. The Bertz CT molecular complexity index is 1520. The van der Waals surface area contributed by atoms with E-state index in [0.717, 1.165) is 10.2 Å². The van der Waals surface area contributed by atoms with Crippen molar-refractivity contribution in [2.45, 2.75) is 25.3 Å². The number of benzene rings is 3. The van der Waals surface area contributed by atoms with Crippen molar-refractivity contribution in [3.05, 3.63) is 101 Å². The number of aromatic nitrogens is 1. The summed E-state index contributed by atoms with van der Waals surface area (Å²) >= 11 is 1.45. The van der Waals surface area contributed by atoms with Gasteiger partial charge in [0.05, 0.1) is 15.1 Å². The fraction of sp³-hybridized carbons (Fsp3) is 0.120. The number of carbonyl (C=O) groups excluding carboxylic acids is 1. The number of nitrogens with one attached hydrogen (secondary N) is 1. The van der Waals surface area contributed by atoms with Crippen LogP contribution in [0.3, 0.4) is 0 Å². The van der Waals surface area contributed by atoms with Crippen LogP contribution in [0.5, 0.6) is 0 Å². The van der Waals surface area contributed by atoms with Gasteiger partial charge >= 0.3 is 0 Å². The van der Waals surface area contributed by atoms with Gasteiger partial charge in [0.25, 0.3) is 15.9 Å². The van der Waals surface area contributed by atoms with E-state index in [4.69, 9.17) is 0 Å². The van der Waals surface area contributed by atoms with Crippen LogP contribution >= 0.6 is 11.3 Å². The highest BCUT2D eigenvalue weighted by molar-refractivity contribution is 7.92. The number of hydrogen-bond acceptors (Lipinski definition) is 4. The molecule has 0 saturated carbocycles. The molecule has 6 nitrogen and oxygen atoms in total. The van der Waals surface area contributed by atoms with Crippen LogP contribution in [0.1, 0.15) is 21.5 Å². The molecule has 1 N–H and O–H groups in total. The summed E-state index contributed by atoms with van der Waals surface area (Å²) in [4.78, 5) is 18.0. The van der Waals surface area contributed by atoms with Gasteiger partial charge in [0.1, 0.15) is 0 Å². The minimum absolute atomic E-state index is 0.169. The Kier molecular flexibility index (Phi) is 6.31. The van der Waals surface area contributed by atoms with Crippen LogP contribution in [0, 0.1) is 13.8 Å². The molecule has 0 unspecified atom stereocenters. The summed E-state index contributed by atoms with van der Waals surface area (Å²) in [6, 6.07) is 18.5. The molecule has 33 heavy (non-hydrogen) atoms. The van der Waals surface area contributed by atoms with Gasteiger partial charge < -0.3 is 4.57 Å². The minimum Gasteiger partial charge on any atom is -0.312 e. The molecule has 3 aromatic carbocycles. The first kappa shape index (κ1) is 22.7. The van der Waals surface area contributed by atoms with Gasteiger partial charge in [-0.15, -0.1) is 6.58 Å². The summed E-state index contributed by atoms with van der Waals surface area (Å²) in [7, 11) is -3.70. The molecule has 168 valence electrons. The Morgan fingerprint density at radius 1 is 1.06 bits per heavy atom. The van der Waals surface area contributed by atoms with Gasteiger partial charge in [-0.1, -0.05) is 35.6 Å². The van der Waals surface area contributed by atoms with Crippen LogP contribution in [0.2, 0.25) is 0 Å². The van der Waals surface area contributed by atoms with Gasteiger partial charge in [0, 0.05) is 17.8 Å². The van der Waals surface area contributed by atoms with Crippen LogP contribution < -0.4 is 9.52 Å². The standard InChI is InChI=1S/C25H23N3O3S2/c1-4-14-28-22-15-17(2)18(3)16-23(22)32-25(28)26-24(29)19-10-12-20(13-11-19)27-33(30,31)21-8-6-5-7-9-21/h4-13,15-16,27H,1,14H2,2-3H3. The molecule has 0 saturated heterocycles. The molecule has 0 radical (unpaired) electrons. The molecule has 0 aliphatic rings. The molecule has 1 aromatic heterocycles. The lowest BCUT2D eigenvalue weighted by molar-refractivity contribution is 0.0998. The zero-order chi connectivity index (χ0) is 23.6. The number of carbonyl (C=O) groups is 1. The normalized spacial score (nSPS) is 12.1. The summed E-state index contributed by atoms with van der Waals surface area (Å²) in [5.41, 5.74) is 4.10. The third-order valence-electron chi connectivity index (χ3n) is 5.24. The van der Waals surface area contributed by atoms with Crippen molar-refractivity contribution >= 4 is 43.2 Å². The average molecular weight is 478 g/mol. The maximum Gasteiger partial charge on any atom is 0.279 e. The second kappa shape index (κ2) is 9.17. The van der Waals surface area contributed by atoms with Gasteiger partial charge in [-0.2, -0.15) is 4.99 Å². The van der Waals surface area contributed by atoms with E-state index in [1.54, 1.807) is 48.5 Å². The third-order valence-corrected chi connectivity index (χ3v) is 7.68. The van der Waals surface area contributed by atoms with Crippen molar-refractivity contribution in [2.24, 2.45) is 4.99 Å². The van der Waals surface area contributed by atoms with Crippen LogP contribution in [-0.4, -0.2) is 18.9 Å². The molecular formula is C25H23N3O3S2. The van der Waals surface area contributed by atoms with Crippen LogP contribution in [-0.2, 0) is 16.6 Å². The van der Waals surface area contributed by atoms with E-state index in [2.05, 4.69) is 42.3 Å². The number of hydrogen-bond donors (Lipinski definition) is 1. The van der Waals surface area contributed by atoms with Gasteiger partial charge in [0.15, 0.2) is 4.80 Å². The average Bonchev–Trinajstić information content (AvgIpc) is 3.11. The molecule has 0 fully saturated rings. The zero-order valence-electron chi connectivity index (χ0n) is 18.3. The Morgan fingerprint density at radius 3 is 2.39 bits per heavy atom. The number of sulfonamides is 1. The number of allylic oxidation sites excluding steroid dienone is 1. The highest BCUT2D eigenvalue weighted by Crippen LogP contribution is 2.22. The smallest absolute Gasteiger partial charge is 0.279 e. The van der Waals surface area contributed by atoms with Crippen molar-refractivity contribution in [3.63, 3.8) is 0 Å². The lowest BCUT2D eigenvalue weighted by atomic mass is 10.1. The predicted molar refractivity (Wildman–Crippen MR) is 133 cm³/mol. The van der Waals surface area contributed by atoms with Crippen molar-refractivity contribution in [1.29, 1.82) is 0 Å². The fourth-order valence-corrected chi connectivity index (χ4v) is 5.56.